The minimum atomic E-state index is -0.710. The number of carbonyl (C=O) groups is 1. The van der Waals surface area contributed by atoms with Crippen LogP contribution in [0.15, 0.2) is 83.7 Å². The van der Waals surface area contributed by atoms with Crippen LogP contribution in [-0.2, 0) is 7.05 Å². The largest absolute Gasteiger partial charge is 0.495 e. The summed E-state index contributed by atoms with van der Waals surface area (Å²) in [6, 6.07) is 23.0. The van der Waals surface area contributed by atoms with E-state index in [0.717, 1.165) is 0 Å². The molecular formula is C28H24N4O5. The van der Waals surface area contributed by atoms with Gasteiger partial charge in [0.15, 0.2) is 17.2 Å². The zero-order valence-electron chi connectivity index (χ0n) is 20.5. The molecular weight excluding hydrogens is 472 g/mol. The van der Waals surface area contributed by atoms with E-state index >= 15 is 0 Å². The summed E-state index contributed by atoms with van der Waals surface area (Å²) in [5, 5.41) is 0. The fraction of sp³-hybridized carbons (Fsp3) is 0.143. The average molecular weight is 497 g/mol. The Labute approximate surface area is 212 Å². The SMILES string of the molecule is CCOc1ccc(-c2nc(C(=O)Oc3ccccc3)c3c(n2)n(-c2ccccc2OC)c(=O)n3C)cc1. The van der Waals surface area contributed by atoms with Crippen molar-refractivity contribution < 1.29 is 19.0 Å². The molecule has 9 nitrogen and oxygen atoms in total. The van der Waals surface area contributed by atoms with Gasteiger partial charge in [0.2, 0.25) is 0 Å². The third-order valence-corrected chi connectivity index (χ3v) is 5.79. The molecule has 5 rings (SSSR count). The summed E-state index contributed by atoms with van der Waals surface area (Å²) in [4.78, 5) is 36.2. The van der Waals surface area contributed by atoms with E-state index < -0.39 is 11.7 Å². The van der Waals surface area contributed by atoms with E-state index in [1.165, 1.54) is 16.2 Å². The summed E-state index contributed by atoms with van der Waals surface area (Å²) >= 11 is 0. The Morgan fingerprint density at radius 3 is 2.30 bits per heavy atom. The van der Waals surface area contributed by atoms with Crippen LogP contribution < -0.4 is 19.9 Å². The first-order valence-electron chi connectivity index (χ1n) is 11.6. The summed E-state index contributed by atoms with van der Waals surface area (Å²) in [7, 11) is 3.09. The van der Waals surface area contributed by atoms with E-state index in [1.807, 2.05) is 19.1 Å². The highest BCUT2D eigenvalue weighted by Crippen LogP contribution is 2.28. The van der Waals surface area contributed by atoms with Gasteiger partial charge in [0.05, 0.1) is 19.4 Å². The first-order chi connectivity index (χ1) is 18.0. The van der Waals surface area contributed by atoms with E-state index in [9.17, 15) is 9.59 Å². The maximum absolute atomic E-state index is 13.5. The summed E-state index contributed by atoms with van der Waals surface area (Å²) in [6.07, 6.45) is 0. The topological polar surface area (TPSA) is 97.5 Å². The number of nitrogens with zero attached hydrogens (tertiary/aromatic N) is 4. The van der Waals surface area contributed by atoms with Crippen LogP contribution >= 0.6 is 0 Å². The molecule has 0 spiro atoms. The molecule has 0 N–H and O–H groups in total. The second-order valence-electron chi connectivity index (χ2n) is 8.08. The van der Waals surface area contributed by atoms with Crippen LogP contribution in [0, 0.1) is 0 Å². The molecule has 0 aliphatic carbocycles. The van der Waals surface area contributed by atoms with Crippen molar-refractivity contribution in [3.63, 3.8) is 0 Å². The number of benzene rings is 3. The van der Waals surface area contributed by atoms with Gasteiger partial charge in [-0.2, -0.15) is 0 Å². The highest BCUT2D eigenvalue weighted by Gasteiger charge is 2.26. The van der Waals surface area contributed by atoms with Crippen molar-refractivity contribution in [3.05, 3.63) is 95.0 Å². The third kappa shape index (κ3) is 4.42. The average Bonchev–Trinajstić information content (AvgIpc) is 3.18. The summed E-state index contributed by atoms with van der Waals surface area (Å²) in [5.74, 6) is 1.08. The first-order valence-corrected chi connectivity index (χ1v) is 11.6. The Morgan fingerprint density at radius 2 is 1.59 bits per heavy atom. The zero-order chi connectivity index (χ0) is 25.9. The highest BCUT2D eigenvalue weighted by atomic mass is 16.5. The summed E-state index contributed by atoms with van der Waals surface area (Å²) in [5.41, 5.74) is 1.17. The molecule has 2 heterocycles. The molecule has 0 aliphatic rings. The van der Waals surface area contributed by atoms with E-state index in [4.69, 9.17) is 19.2 Å². The van der Waals surface area contributed by atoms with Crippen LogP contribution in [0.4, 0.5) is 0 Å². The van der Waals surface area contributed by atoms with E-state index in [1.54, 1.807) is 73.8 Å². The van der Waals surface area contributed by atoms with Crippen LogP contribution in [0.3, 0.4) is 0 Å². The van der Waals surface area contributed by atoms with E-state index in [2.05, 4.69) is 4.98 Å². The molecule has 0 saturated heterocycles. The van der Waals surface area contributed by atoms with Crippen molar-refractivity contribution in [2.45, 2.75) is 6.92 Å². The number of hydrogen-bond donors (Lipinski definition) is 0. The lowest BCUT2D eigenvalue weighted by Crippen LogP contribution is -2.21. The molecule has 0 bridgehead atoms. The molecule has 0 radical (unpaired) electrons. The van der Waals surface area contributed by atoms with Crippen LogP contribution in [0.5, 0.6) is 17.2 Å². The number of carbonyl (C=O) groups excluding carboxylic acids is 1. The van der Waals surface area contributed by atoms with Gasteiger partial charge >= 0.3 is 11.7 Å². The maximum atomic E-state index is 13.5. The summed E-state index contributed by atoms with van der Waals surface area (Å²) in [6.45, 7) is 2.44. The number of aromatic nitrogens is 4. The fourth-order valence-electron chi connectivity index (χ4n) is 4.06. The lowest BCUT2D eigenvalue weighted by Gasteiger charge is -2.11. The normalized spacial score (nSPS) is 10.9. The van der Waals surface area contributed by atoms with Crippen LogP contribution in [0.2, 0.25) is 0 Å². The van der Waals surface area contributed by atoms with Gasteiger partial charge in [0.1, 0.15) is 22.8 Å². The van der Waals surface area contributed by atoms with Gasteiger partial charge < -0.3 is 14.2 Å². The minimum Gasteiger partial charge on any atom is -0.495 e. The van der Waals surface area contributed by atoms with Gasteiger partial charge in [-0.25, -0.2) is 24.1 Å². The smallest absolute Gasteiger partial charge is 0.364 e. The Balaban J connectivity index is 1.76. The Morgan fingerprint density at radius 1 is 0.892 bits per heavy atom. The molecule has 0 fully saturated rings. The summed E-state index contributed by atoms with van der Waals surface area (Å²) < 4.78 is 19.4. The lowest BCUT2D eigenvalue weighted by molar-refractivity contribution is 0.0730. The second-order valence-corrected chi connectivity index (χ2v) is 8.08. The van der Waals surface area contributed by atoms with Crippen LogP contribution in [-0.4, -0.2) is 38.8 Å². The third-order valence-electron chi connectivity index (χ3n) is 5.79. The maximum Gasteiger partial charge on any atom is 0.364 e. The van der Waals surface area contributed by atoms with E-state index in [-0.39, 0.29) is 22.7 Å². The Bertz CT molecular complexity index is 1640. The predicted octanol–water partition coefficient (Wildman–Crippen LogP) is 4.41. The van der Waals surface area contributed by atoms with Crippen molar-refractivity contribution in [1.82, 2.24) is 19.1 Å². The molecule has 0 atom stereocenters. The molecule has 9 heteroatoms. The standard InChI is InChI=1S/C28H24N4O5/c1-4-36-19-16-14-18(15-17-19)25-29-23(27(33)37-20-10-6-5-7-11-20)24-26(30-25)32(28(34)31(24)2)21-12-8-9-13-22(21)35-3/h5-17H,4H2,1-3H3. The molecule has 0 saturated carbocycles. The number of hydrogen-bond acceptors (Lipinski definition) is 7. The van der Waals surface area contributed by atoms with E-state index in [0.29, 0.717) is 35.1 Å². The first kappa shape index (κ1) is 23.8. The monoisotopic (exact) mass is 496 g/mol. The van der Waals surface area contributed by atoms with Crippen molar-refractivity contribution in [2.75, 3.05) is 13.7 Å². The van der Waals surface area contributed by atoms with Crippen molar-refractivity contribution >= 4 is 17.1 Å². The van der Waals surface area contributed by atoms with Gasteiger partial charge in [-0.05, 0) is 55.5 Å². The Kier molecular flexibility index (Phi) is 6.42. The number of aryl methyl sites for hydroxylation is 1. The number of imidazole rings is 1. The van der Waals surface area contributed by atoms with Crippen LogP contribution in [0.25, 0.3) is 28.2 Å². The second kappa shape index (κ2) is 9.98. The number of rotatable bonds is 7. The van der Waals surface area contributed by atoms with Crippen molar-refractivity contribution in [2.24, 2.45) is 7.05 Å². The van der Waals surface area contributed by atoms with Gasteiger partial charge in [-0.1, -0.05) is 30.3 Å². The molecule has 37 heavy (non-hydrogen) atoms. The molecule has 2 aromatic heterocycles. The molecule has 5 aromatic rings. The molecule has 186 valence electrons. The fourth-order valence-corrected chi connectivity index (χ4v) is 4.06. The van der Waals surface area contributed by atoms with Crippen molar-refractivity contribution in [3.8, 4) is 34.3 Å². The number of methoxy groups -OCH3 is 1. The highest BCUT2D eigenvalue weighted by molar-refractivity contribution is 6.01. The minimum absolute atomic E-state index is 0.0361. The molecule has 3 aromatic carbocycles. The molecule has 0 unspecified atom stereocenters. The molecule has 0 amide bonds. The van der Waals surface area contributed by atoms with Crippen LogP contribution in [0.1, 0.15) is 17.4 Å². The number of fused-ring (bicyclic) bond motifs is 1. The van der Waals surface area contributed by atoms with Gasteiger partial charge in [0, 0.05) is 12.6 Å². The number of ether oxygens (including phenoxy) is 3. The molecule has 0 aliphatic heterocycles. The Hall–Kier alpha value is -4.92. The van der Waals surface area contributed by atoms with Gasteiger partial charge in [0.25, 0.3) is 0 Å². The number of esters is 1. The zero-order valence-corrected chi connectivity index (χ0v) is 20.5. The van der Waals surface area contributed by atoms with Gasteiger partial charge in [-0.15, -0.1) is 0 Å². The quantitative estimate of drug-likeness (QED) is 0.243. The number of para-hydroxylation sites is 3. The van der Waals surface area contributed by atoms with Gasteiger partial charge in [-0.3, -0.25) is 4.57 Å². The predicted molar refractivity (Wildman–Crippen MR) is 139 cm³/mol. The lowest BCUT2D eigenvalue weighted by atomic mass is 10.2. The van der Waals surface area contributed by atoms with Crippen molar-refractivity contribution in [1.29, 1.82) is 0 Å².